The number of aliphatic hydroxyl groups excluding tert-OH is 2. The maximum absolute atomic E-state index is 11.6. The van der Waals surface area contributed by atoms with Gasteiger partial charge in [-0.3, -0.25) is 0 Å². The lowest BCUT2D eigenvalue weighted by Gasteiger charge is -2.17. The molecule has 0 unspecified atom stereocenters. The van der Waals surface area contributed by atoms with Gasteiger partial charge in [0.2, 0.25) is 0 Å². The maximum Gasteiger partial charge on any atom is 0.335 e. The first-order chi connectivity index (χ1) is 22.4. The lowest BCUT2D eigenvalue weighted by Crippen LogP contribution is -2.30. The zero-order valence-electron chi connectivity index (χ0n) is 29.9. The summed E-state index contributed by atoms with van der Waals surface area (Å²) in [6, 6.07) is 19.0. The quantitative estimate of drug-likeness (QED) is 0.197. The summed E-state index contributed by atoms with van der Waals surface area (Å²) in [5.74, 6) is -3.08. The number of aliphatic carboxylic acids is 2. The highest BCUT2D eigenvalue weighted by molar-refractivity contribution is 5.75. The molecule has 2 aromatic rings. The molecule has 0 amide bonds. The molecule has 0 saturated heterocycles. The monoisotopic (exact) mass is 680 g/mol. The van der Waals surface area contributed by atoms with Crippen LogP contribution in [0.2, 0.25) is 0 Å². The second-order valence-electron chi connectivity index (χ2n) is 12.0. The van der Waals surface area contributed by atoms with E-state index in [0.717, 1.165) is 11.1 Å². The van der Waals surface area contributed by atoms with E-state index in [9.17, 15) is 24.3 Å². The third-order valence-corrected chi connectivity index (χ3v) is 6.40. The average molecular weight is 681 g/mol. The SMILES string of the molecule is CC(C)[C@@H](O)C(=O)O.CC(C)[C@@H](O)C(=O)OCc1ccccc1.CO[C@@H](C(=O)O)C(C)C.CO[C@@H](C(=O)OCc1ccccc1)C(C)C. The molecule has 0 aliphatic heterocycles. The molecule has 0 heterocycles. The fourth-order valence-corrected chi connectivity index (χ4v) is 3.48. The second-order valence-corrected chi connectivity index (χ2v) is 12.0. The lowest BCUT2D eigenvalue weighted by atomic mass is 10.1. The molecule has 0 aliphatic rings. The number of carbonyl (C=O) groups is 4. The lowest BCUT2D eigenvalue weighted by molar-refractivity contribution is -0.159. The summed E-state index contributed by atoms with van der Waals surface area (Å²) in [5.41, 5.74) is 1.90. The van der Waals surface area contributed by atoms with E-state index < -0.39 is 42.3 Å². The number of carboxylic acid groups (broad SMARTS) is 2. The first kappa shape index (κ1) is 46.3. The van der Waals surface area contributed by atoms with E-state index in [1.165, 1.54) is 14.2 Å². The molecule has 0 aliphatic carbocycles. The molecule has 2 aromatic carbocycles. The zero-order chi connectivity index (χ0) is 37.4. The molecular weight excluding hydrogens is 624 g/mol. The van der Waals surface area contributed by atoms with Crippen LogP contribution in [0.25, 0.3) is 0 Å². The Bertz CT molecular complexity index is 1150. The molecular formula is C36H56O12. The van der Waals surface area contributed by atoms with Crippen molar-refractivity contribution >= 4 is 23.9 Å². The van der Waals surface area contributed by atoms with Crippen LogP contribution in [-0.4, -0.2) is 82.9 Å². The van der Waals surface area contributed by atoms with Gasteiger partial charge in [0, 0.05) is 14.2 Å². The predicted octanol–water partition coefficient (Wildman–Crippen LogP) is 4.98. The van der Waals surface area contributed by atoms with Gasteiger partial charge in [-0.1, -0.05) is 116 Å². The van der Waals surface area contributed by atoms with E-state index in [1.807, 2.05) is 88.4 Å². The molecule has 48 heavy (non-hydrogen) atoms. The van der Waals surface area contributed by atoms with Crippen LogP contribution in [0.5, 0.6) is 0 Å². The van der Waals surface area contributed by atoms with E-state index in [1.54, 1.807) is 27.7 Å². The van der Waals surface area contributed by atoms with Crippen molar-refractivity contribution in [1.29, 1.82) is 0 Å². The topological polar surface area (TPSA) is 186 Å². The van der Waals surface area contributed by atoms with Gasteiger partial charge in [0.1, 0.15) is 13.2 Å². The molecule has 0 fully saturated rings. The Balaban J connectivity index is 0. The summed E-state index contributed by atoms with van der Waals surface area (Å²) in [6.07, 6.45) is -3.39. The molecule has 12 heteroatoms. The third kappa shape index (κ3) is 21.1. The van der Waals surface area contributed by atoms with E-state index in [2.05, 4.69) is 4.74 Å². The van der Waals surface area contributed by atoms with Gasteiger partial charge >= 0.3 is 23.9 Å². The van der Waals surface area contributed by atoms with Crippen LogP contribution in [0, 0.1) is 23.7 Å². The standard InChI is InChI=1S/C13H18O3.C12H16O3.C6H12O3.C5H10O3/c1-10(2)12(15-3)13(14)16-9-11-7-5-4-6-8-11;1-9(2)11(13)12(14)15-8-10-6-4-3-5-7-10;1-4(2)5(9-3)6(7)8;1-3(2)4(6)5(7)8/h4-8,10,12H,9H2,1-3H3;3-7,9,11,13H,8H2,1-2H3;4-5H,1-3H3,(H,7,8);3-4,6H,1-2H3,(H,7,8)/t12-;11-;5-;4-/m1111/s1. The molecule has 272 valence electrons. The van der Waals surface area contributed by atoms with Crippen LogP contribution in [0.1, 0.15) is 66.5 Å². The van der Waals surface area contributed by atoms with Gasteiger partial charge in [0.25, 0.3) is 0 Å². The smallest absolute Gasteiger partial charge is 0.335 e. The Labute approximate surface area is 285 Å². The molecule has 0 aromatic heterocycles. The van der Waals surface area contributed by atoms with Crippen LogP contribution in [0.3, 0.4) is 0 Å². The molecule has 0 radical (unpaired) electrons. The molecule has 12 nitrogen and oxygen atoms in total. The summed E-state index contributed by atoms with van der Waals surface area (Å²) in [7, 11) is 2.92. The Kier molecular flexibility index (Phi) is 25.2. The molecule has 2 rings (SSSR count). The normalized spacial score (nSPS) is 13.0. The number of ether oxygens (including phenoxy) is 4. The third-order valence-electron chi connectivity index (χ3n) is 6.40. The minimum absolute atomic E-state index is 0.0347. The Morgan fingerprint density at radius 2 is 0.875 bits per heavy atom. The number of aliphatic hydroxyl groups is 2. The van der Waals surface area contributed by atoms with Gasteiger partial charge in [-0.25, -0.2) is 19.2 Å². The number of carboxylic acids is 2. The van der Waals surface area contributed by atoms with Crippen molar-refractivity contribution in [2.45, 2.75) is 93.0 Å². The number of hydrogen-bond acceptors (Lipinski definition) is 10. The first-order valence-corrected chi connectivity index (χ1v) is 15.7. The molecule has 0 spiro atoms. The number of carbonyl (C=O) groups excluding carboxylic acids is 2. The van der Waals surface area contributed by atoms with E-state index >= 15 is 0 Å². The van der Waals surface area contributed by atoms with Crippen molar-refractivity contribution in [3.05, 3.63) is 71.8 Å². The van der Waals surface area contributed by atoms with Gasteiger partial charge in [0.05, 0.1) is 0 Å². The van der Waals surface area contributed by atoms with Crippen molar-refractivity contribution in [1.82, 2.24) is 0 Å². The Morgan fingerprint density at radius 3 is 1.10 bits per heavy atom. The number of esters is 2. The van der Waals surface area contributed by atoms with Crippen molar-refractivity contribution in [2.24, 2.45) is 23.7 Å². The van der Waals surface area contributed by atoms with Crippen molar-refractivity contribution in [3.63, 3.8) is 0 Å². The van der Waals surface area contributed by atoms with Gasteiger partial charge in [-0.2, -0.15) is 0 Å². The summed E-state index contributed by atoms with van der Waals surface area (Å²) < 4.78 is 19.9. The minimum atomic E-state index is -1.21. The maximum atomic E-state index is 11.6. The van der Waals surface area contributed by atoms with E-state index in [-0.39, 0.29) is 36.2 Å². The Hall–Kier alpha value is -3.84. The first-order valence-electron chi connectivity index (χ1n) is 15.7. The highest BCUT2D eigenvalue weighted by atomic mass is 16.6. The van der Waals surface area contributed by atoms with Gasteiger partial charge < -0.3 is 39.4 Å². The van der Waals surface area contributed by atoms with Crippen LogP contribution < -0.4 is 0 Å². The fraction of sp³-hybridized carbons (Fsp3) is 0.556. The highest BCUT2D eigenvalue weighted by Crippen LogP contribution is 2.10. The van der Waals surface area contributed by atoms with Crippen molar-refractivity contribution < 1.29 is 58.6 Å². The zero-order valence-corrected chi connectivity index (χ0v) is 29.9. The average Bonchev–Trinajstić information content (AvgIpc) is 3.03. The fourth-order valence-electron chi connectivity index (χ4n) is 3.48. The largest absolute Gasteiger partial charge is 0.479 e. The van der Waals surface area contributed by atoms with Crippen molar-refractivity contribution in [2.75, 3.05) is 14.2 Å². The van der Waals surface area contributed by atoms with Gasteiger partial charge in [-0.15, -0.1) is 0 Å². The predicted molar refractivity (Wildman–Crippen MR) is 181 cm³/mol. The molecule has 4 atom stereocenters. The molecule has 0 bridgehead atoms. The second kappa shape index (κ2) is 26.2. The number of methoxy groups -OCH3 is 2. The molecule has 4 N–H and O–H groups in total. The summed E-state index contributed by atoms with van der Waals surface area (Å²) in [6.45, 7) is 14.8. The van der Waals surface area contributed by atoms with Gasteiger partial charge in [0.15, 0.2) is 24.4 Å². The molecule has 0 saturated carbocycles. The van der Waals surface area contributed by atoms with Crippen LogP contribution >= 0.6 is 0 Å². The highest BCUT2D eigenvalue weighted by Gasteiger charge is 2.23. The van der Waals surface area contributed by atoms with Crippen LogP contribution in [0.4, 0.5) is 0 Å². The van der Waals surface area contributed by atoms with Crippen molar-refractivity contribution in [3.8, 4) is 0 Å². The van der Waals surface area contributed by atoms with Crippen LogP contribution in [0.15, 0.2) is 60.7 Å². The minimum Gasteiger partial charge on any atom is -0.479 e. The number of hydrogen-bond donors (Lipinski definition) is 4. The van der Waals surface area contributed by atoms with Gasteiger partial charge in [-0.05, 0) is 34.8 Å². The summed E-state index contributed by atoms with van der Waals surface area (Å²) in [5, 5.41) is 34.5. The van der Waals surface area contributed by atoms with Crippen LogP contribution in [-0.2, 0) is 51.3 Å². The number of benzene rings is 2. The summed E-state index contributed by atoms with van der Waals surface area (Å²) >= 11 is 0. The van der Waals surface area contributed by atoms with E-state index in [0.29, 0.717) is 6.61 Å². The number of rotatable bonds is 14. The van der Waals surface area contributed by atoms with E-state index in [4.69, 9.17) is 29.5 Å². The Morgan fingerprint density at radius 1 is 0.521 bits per heavy atom. The summed E-state index contributed by atoms with van der Waals surface area (Å²) in [4.78, 5) is 43.1.